The van der Waals surface area contributed by atoms with Crippen LogP contribution in [0.15, 0.2) is 21.3 Å². The van der Waals surface area contributed by atoms with Crippen molar-refractivity contribution < 1.29 is 19.4 Å². The normalized spacial score (nSPS) is 14.2. The lowest BCUT2D eigenvalue weighted by molar-refractivity contribution is 0.127. The molecule has 2 N–H and O–H groups in total. The summed E-state index contributed by atoms with van der Waals surface area (Å²) in [6, 6.07) is 2.74. The van der Waals surface area contributed by atoms with Crippen LogP contribution >= 0.6 is 0 Å². The number of aliphatic hydroxyl groups is 2. The van der Waals surface area contributed by atoms with Crippen LogP contribution in [0.2, 0.25) is 0 Å². The SMILES string of the molecule is COc1cc([C@H](O)CCCC[C@H](C)O)oc(=O)c1. The molecular formula is C13H20O5. The quantitative estimate of drug-likeness (QED) is 0.725. The summed E-state index contributed by atoms with van der Waals surface area (Å²) in [6.07, 6.45) is 1.63. The molecule has 0 unspecified atom stereocenters. The predicted octanol–water partition coefficient (Wildman–Crippen LogP) is 1.62. The van der Waals surface area contributed by atoms with Crippen molar-refractivity contribution in [3.63, 3.8) is 0 Å². The molecule has 2 atom stereocenters. The summed E-state index contributed by atoms with van der Waals surface area (Å²) in [6.45, 7) is 1.73. The fourth-order valence-corrected chi connectivity index (χ4v) is 1.67. The van der Waals surface area contributed by atoms with Gasteiger partial charge in [0.05, 0.1) is 19.3 Å². The van der Waals surface area contributed by atoms with Gasteiger partial charge in [0.25, 0.3) is 0 Å². The van der Waals surface area contributed by atoms with E-state index >= 15 is 0 Å². The first-order valence-electron chi connectivity index (χ1n) is 6.08. The third-order valence-corrected chi connectivity index (χ3v) is 2.68. The minimum Gasteiger partial charge on any atom is -0.496 e. The summed E-state index contributed by atoms with van der Waals surface area (Å²) in [5.74, 6) is 0.598. The standard InChI is InChI=1S/C13H20O5/c1-9(14)5-3-4-6-11(15)12-7-10(17-2)8-13(16)18-12/h7-9,11,14-15H,3-6H2,1-2H3/t9-,11+/m0/s1. The van der Waals surface area contributed by atoms with Crippen molar-refractivity contribution in [2.75, 3.05) is 7.11 Å². The second kappa shape index (κ2) is 7.18. The van der Waals surface area contributed by atoms with E-state index in [4.69, 9.17) is 14.3 Å². The van der Waals surface area contributed by atoms with E-state index in [0.717, 1.165) is 12.8 Å². The van der Waals surface area contributed by atoms with Crippen molar-refractivity contribution in [2.24, 2.45) is 0 Å². The maximum Gasteiger partial charge on any atom is 0.339 e. The van der Waals surface area contributed by atoms with Gasteiger partial charge in [0.15, 0.2) is 0 Å². The zero-order valence-corrected chi connectivity index (χ0v) is 10.8. The lowest BCUT2D eigenvalue weighted by atomic mass is 10.1. The first kappa shape index (κ1) is 14.7. The number of rotatable bonds is 7. The predicted molar refractivity (Wildman–Crippen MR) is 66.6 cm³/mol. The Morgan fingerprint density at radius 2 is 1.94 bits per heavy atom. The van der Waals surface area contributed by atoms with Crippen LogP contribution in [0.25, 0.3) is 0 Å². The fourth-order valence-electron chi connectivity index (χ4n) is 1.67. The molecule has 18 heavy (non-hydrogen) atoms. The molecule has 0 saturated carbocycles. The average Bonchev–Trinajstić information content (AvgIpc) is 2.33. The molecule has 1 aromatic heterocycles. The van der Waals surface area contributed by atoms with Crippen LogP contribution < -0.4 is 10.4 Å². The minimum absolute atomic E-state index is 0.219. The highest BCUT2D eigenvalue weighted by Crippen LogP contribution is 2.21. The number of hydrogen-bond donors (Lipinski definition) is 2. The van der Waals surface area contributed by atoms with Crippen LogP contribution in [-0.4, -0.2) is 23.4 Å². The van der Waals surface area contributed by atoms with E-state index in [2.05, 4.69) is 0 Å². The molecule has 1 heterocycles. The molecule has 102 valence electrons. The van der Waals surface area contributed by atoms with Crippen molar-refractivity contribution in [3.8, 4) is 5.75 Å². The maximum atomic E-state index is 11.2. The Bertz CT molecular complexity index is 410. The van der Waals surface area contributed by atoms with E-state index in [-0.39, 0.29) is 11.9 Å². The number of methoxy groups -OCH3 is 1. The topological polar surface area (TPSA) is 79.9 Å². The molecule has 0 bridgehead atoms. The van der Waals surface area contributed by atoms with Gasteiger partial charge in [-0.1, -0.05) is 12.8 Å². The summed E-state index contributed by atoms with van der Waals surface area (Å²) < 4.78 is 9.86. The van der Waals surface area contributed by atoms with Gasteiger partial charge in [-0.25, -0.2) is 4.79 Å². The molecule has 1 rings (SSSR count). The van der Waals surface area contributed by atoms with Crippen LogP contribution in [0, 0.1) is 0 Å². The van der Waals surface area contributed by atoms with Crippen LogP contribution in [0.3, 0.4) is 0 Å². The van der Waals surface area contributed by atoms with Gasteiger partial charge in [-0.15, -0.1) is 0 Å². The third-order valence-electron chi connectivity index (χ3n) is 2.68. The van der Waals surface area contributed by atoms with Crippen molar-refractivity contribution >= 4 is 0 Å². The molecule has 0 fully saturated rings. The molecule has 0 aliphatic rings. The Hall–Kier alpha value is -1.33. The van der Waals surface area contributed by atoms with E-state index in [1.807, 2.05) is 0 Å². The van der Waals surface area contributed by atoms with Crippen LogP contribution in [0.1, 0.15) is 44.5 Å². The summed E-state index contributed by atoms with van der Waals surface area (Å²) in [7, 11) is 1.45. The number of ether oxygens (including phenoxy) is 1. The van der Waals surface area contributed by atoms with Gasteiger partial charge >= 0.3 is 5.63 Å². The van der Waals surface area contributed by atoms with Gasteiger partial charge in [0, 0.05) is 6.07 Å². The van der Waals surface area contributed by atoms with Crippen molar-refractivity contribution in [1.82, 2.24) is 0 Å². The molecule has 0 spiro atoms. The monoisotopic (exact) mass is 256 g/mol. The van der Waals surface area contributed by atoms with E-state index in [0.29, 0.717) is 18.6 Å². The highest BCUT2D eigenvalue weighted by molar-refractivity contribution is 5.21. The van der Waals surface area contributed by atoms with Crippen LogP contribution in [0.4, 0.5) is 0 Å². The second-order valence-corrected chi connectivity index (χ2v) is 4.37. The highest BCUT2D eigenvalue weighted by atomic mass is 16.5. The molecule has 0 saturated heterocycles. The lowest BCUT2D eigenvalue weighted by Gasteiger charge is -2.10. The molecule has 5 nitrogen and oxygen atoms in total. The first-order valence-corrected chi connectivity index (χ1v) is 6.08. The van der Waals surface area contributed by atoms with Gasteiger partial charge in [0.1, 0.15) is 17.6 Å². The van der Waals surface area contributed by atoms with Crippen molar-refractivity contribution in [3.05, 3.63) is 28.3 Å². The molecule has 0 aliphatic carbocycles. The zero-order chi connectivity index (χ0) is 13.5. The van der Waals surface area contributed by atoms with E-state index in [9.17, 15) is 9.90 Å². The average molecular weight is 256 g/mol. The lowest BCUT2D eigenvalue weighted by Crippen LogP contribution is -2.06. The number of aliphatic hydroxyl groups excluding tert-OH is 2. The summed E-state index contributed by atoms with van der Waals surface area (Å²) >= 11 is 0. The molecule has 0 aromatic carbocycles. The van der Waals surface area contributed by atoms with Crippen molar-refractivity contribution in [2.45, 2.75) is 44.8 Å². The van der Waals surface area contributed by atoms with Gasteiger partial charge < -0.3 is 19.4 Å². The summed E-state index contributed by atoms with van der Waals surface area (Å²) in [5.41, 5.74) is -0.535. The zero-order valence-electron chi connectivity index (χ0n) is 10.8. The number of unbranched alkanes of at least 4 members (excludes halogenated alkanes) is 1. The molecular weight excluding hydrogens is 236 g/mol. The fraction of sp³-hybridized carbons (Fsp3) is 0.615. The molecule has 0 amide bonds. The molecule has 0 aliphatic heterocycles. The van der Waals surface area contributed by atoms with E-state index in [1.54, 1.807) is 6.92 Å². The van der Waals surface area contributed by atoms with E-state index < -0.39 is 11.7 Å². The first-order chi connectivity index (χ1) is 8.52. The van der Waals surface area contributed by atoms with Crippen molar-refractivity contribution in [1.29, 1.82) is 0 Å². The van der Waals surface area contributed by atoms with Crippen LogP contribution in [-0.2, 0) is 0 Å². The van der Waals surface area contributed by atoms with Crippen LogP contribution in [0.5, 0.6) is 5.75 Å². The summed E-state index contributed by atoms with van der Waals surface area (Å²) in [4.78, 5) is 11.2. The maximum absolute atomic E-state index is 11.2. The molecule has 5 heteroatoms. The highest BCUT2D eigenvalue weighted by Gasteiger charge is 2.12. The Balaban J connectivity index is 2.53. The van der Waals surface area contributed by atoms with E-state index in [1.165, 1.54) is 19.2 Å². The van der Waals surface area contributed by atoms with Gasteiger partial charge in [-0.2, -0.15) is 0 Å². The minimum atomic E-state index is -0.818. The Morgan fingerprint density at radius 1 is 1.28 bits per heavy atom. The Kier molecular flexibility index (Phi) is 5.88. The third kappa shape index (κ3) is 4.89. The second-order valence-electron chi connectivity index (χ2n) is 4.37. The van der Waals surface area contributed by atoms with Gasteiger partial charge in [0.2, 0.25) is 0 Å². The summed E-state index contributed by atoms with van der Waals surface area (Å²) in [5, 5.41) is 19.0. The number of hydrogen-bond acceptors (Lipinski definition) is 5. The smallest absolute Gasteiger partial charge is 0.339 e. The Labute approximate surface area is 106 Å². The molecule has 1 aromatic rings. The van der Waals surface area contributed by atoms with Gasteiger partial charge in [-0.3, -0.25) is 0 Å². The largest absolute Gasteiger partial charge is 0.496 e. The molecule has 0 radical (unpaired) electrons. The van der Waals surface area contributed by atoms with Gasteiger partial charge in [-0.05, 0) is 19.8 Å². The Morgan fingerprint density at radius 3 is 2.56 bits per heavy atom.